The molecule has 0 spiro atoms. The Morgan fingerprint density at radius 1 is 1.26 bits per heavy atom. The van der Waals surface area contributed by atoms with E-state index in [2.05, 4.69) is 15.6 Å². The van der Waals surface area contributed by atoms with Gasteiger partial charge < -0.3 is 5.32 Å². The van der Waals surface area contributed by atoms with Crippen molar-refractivity contribution in [3.05, 3.63) is 46.1 Å². The number of carbonyl (C=O) groups is 2. The molecule has 2 N–H and O–H groups in total. The van der Waals surface area contributed by atoms with E-state index in [1.807, 2.05) is 0 Å². The number of thiazole rings is 1. The lowest BCUT2D eigenvalue weighted by atomic mass is 10.1. The molecule has 0 aliphatic rings. The number of hydrogen-bond acceptors (Lipinski definition) is 6. The first kappa shape index (κ1) is 16.6. The molecule has 0 saturated carbocycles. The standard InChI is InChI=1S/C14H14N4O4S/c1-8(2)12(19)16-10-6-4-3-5-9(10)13(20)17-14-15-7-11(23-14)18(21)22/h3-8H,1-2H3,(H,16,19)(H,15,17,20). The molecule has 0 aliphatic heterocycles. The lowest BCUT2D eigenvalue weighted by Gasteiger charge is -2.11. The van der Waals surface area contributed by atoms with Gasteiger partial charge in [0, 0.05) is 5.92 Å². The average Bonchev–Trinajstić information content (AvgIpc) is 2.96. The minimum absolute atomic E-state index is 0.117. The maximum absolute atomic E-state index is 12.3. The van der Waals surface area contributed by atoms with E-state index in [9.17, 15) is 19.7 Å². The van der Waals surface area contributed by atoms with Gasteiger partial charge in [0.15, 0.2) is 5.13 Å². The molecule has 0 bridgehead atoms. The van der Waals surface area contributed by atoms with Gasteiger partial charge >= 0.3 is 5.00 Å². The van der Waals surface area contributed by atoms with Crippen LogP contribution in [0.15, 0.2) is 30.5 Å². The molecule has 0 saturated heterocycles. The summed E-state index contributed by atoms with van der Waals surface area (Å²) in [5.41, 5.74) is 0.620. The van der Waals surface area contributed by atoms with Crippen LogP contribution in [-0.4, -0.2) is 21.7 Å². The second kappa shape index (κ2) is 6.97. The first-order valence-corrected chi connectivity index (χ1v) is 7.51. The molecule has 2 rings (SSSR count). The summed E-state index contributed by atoms with van der Waals surface area (Å²) in [6.45, 7) is 3.49. The molecule has 1 aromatic carbocycles. The van der Waals surface area contributed by atoms with Crippen LogP contribution in [0.25, 0.3) is 0 Å². The van der Waals surface area contributed by atoms with Crippen LogP contribution in [0.1, 0.15) is 24.2 Å². The third-order valence-electron chi connectivity index (χ3n) is 2.85. The van der Waals surface area contributed by atoms with Crippen molar-refractivity contribution in [1.29, 1.82) is 0 Å². The Morgan fingerprint density at radius 3 is 2.57 bits per heavy atom. The summed E-state index contributed by atoms with van der Waals surface area (Å²) in [7, 11) is 0. The van der Waals surface area contributed by atoms with Gasteiger partial charge in [0.2, 0.25) is 5.91 Å². The van der Waals surface area contributed by atoms with Crippen molar-refractivity contribution >= 4 is 39.0 Å². The summed E-state index contributed by atoms with van der Waals surface area (Å²) in [6.07, 6.45) is 1.08. The smallest absolute Gasteiger partial charge is 0.325 e. The molecule has 23 heavy (non-hydrogen) atoms. The largest absolute Gasteiger partial charge is 0.345 e. The van der Waals surface area contributed by atoms with Gasteiger partial charge in [0.1, 0.15) is 6.20 Å². The molecule has 9 heteroatoms. The van der Waals surface area contributed by atoms with Gasteiger partial charge in [-0.3, -0.25) is 25.0 Å². The van der Waals surface area contributed by atoms with Crippen LogP contribution < -0.4 is 10.6 Å². The number of nitrogens with zero attached hydrogens (tertiary/aromatic N) is 2. The summed E-state index contributed by atoms with van der Waals surface area (Å²) >= 11 is 0.759. The topological polar surface area (TPSA) is 114 Å². The van der Waals surface area contributed by atoms with Crippen molar-refractivity contribution in [3.63, 3.8) is 0 Å². The van der Waals surface area contributed by atoms with Gasteiger partial charge in [-0.05, 0) is 23.5 Å². The van der Waals surface area contributed by atoms with Crippen LogP contribution in [0.5, 0.6) is 0 Å². The van der Waals surface area contributed by atoms with Crippen LogP contribution in [0, 0.1) is 16.0 Å². The zero-order valence-electron chi connectivity index (χ0n) is 12.4. The first-order valence-electron chi connectivity index (χ1n) is 6.70. The number of hydrogen-bond donors (Lipinski definition) is 2. The Labute approximate surface area is 135 Å². The van der Waals surface area contributed by atoms with Crippen LogP contribution in [0.3, 0.4) is 0 Å². The van der Waals surface area contributed by atoms with Gasteiger partial charge in [-0.1, -0.05) is 26.0 Å². The summed E-state index contributed by atoms with van der Waals surface area (Å²) < 4.78 is 0. The molecule has 1 heterocycles. The Morgan fingerprint density at radius 2 is 1.96 bits per heavy atom. The van der Waals surface area contributed by atoms with Crippen molar-refractivity contribution in [3.8, 4) is 0 Å². The van der Waals surface area contributed by atoms with Gasteiger partial charge in [0.25, 0.3) is 5.91 Å². The number of nitrogens with one attached hydrogen (secondary N) is 2. The van der Waals surface area contributed by atoms with Crippen LogP contribution >= 0.6 is 11.3 Å². The predicted molar refractivity (Wildman–Crippen MR) is 86.6 cm³/mol. The molecular weight excluding hydrogens is 320 g/mol. The van der Waals surface area contributed by atoms with Crippen molar-refractivity contribution in [2.45, 2.75) is 13.8 Å². The Kier molecular flexibility index (Phi) is 5.02. The second-order valence-corrected chi connectivity index (χ2v) is 5.91. The van der Waals surface area contributed by atoms with Crippen molar-refractivity contribution in [2.24, 2.45) is 5.92 Å². The number of aromatic nitrogens is 1. The molecule has 8 nitrogen and oxygen atoms in total. The molecular formula is C14H14N4O4S. The highest BCUT2D eigenvalue weighted by Gasteiger charge is 2.17. The Hall–Kier alpha value is -2.81. The Balaban J connectivity index is 2.18. The number of carbonyl (C=O) groups excluding carboxylic acids is 2. The SMILES string of the molecule is CC(C)C(=O)Nc1ccccc1C(=O)Nc1ncc([N+](=O)[O-])s1. The summed E-state index contributed by atoms with van der Waals surface area (Å²) in [6, 6.07) is 6.51. The number of para-hydroxylation sites is 1. The second-order valence-electron chi connectivity index (χ2n) is 4.90. The molecule has 0 aliphatic carbocycles. The van der Waals surface area contributed by atoms with Gasteiger partial charge in [-0.2, -0.15) is 0 Å². The normalized spacial score (nSPS) is 10.4. The van der Waals surface area contributed by atoms with Crippen molar-refractivity contribution in [1.82, 2.24) is 4.98 Å². The lowest BCUT2D eigenvalue weighted by Crippen LogP contribution is -2.21. The minimum atomic E-state index is -0.579. The zero-order chi connectivity index (χ0) is 17.0. The number of rotatable bonds is 5. The summed E-state index contributed by atoms with van der Waals surface area (Å²) in [5.74, 6) is -0.947. The summed E-state index contributed by atoms with van der Waals surface area (Å²) in [4.78, 5) is 37.9. The fourth-order valence-electron chi connectivity index (χ4n) is 1.64. The molecule has 0 fully saturated rings. The molecule has 0 unspecified atom stereocenters. The van der Waals surface area contributed by atoms with E-state index in [4.69, 9.17) is 0 Å². The molecule has 1 aromatic heterocycles. The van der Waals surface area contributed by atoms with E-state index in [0.717, 1.165) is 17.5 Å². The number of benzene rings is 1. The lowest BCUT2D eigenvalue weighted by molar-refractivity contribution is -0.380. The fourth-order valence-corrected chi connectivity index (χ4v) is 2.27. The fraction of sp³-hybridized carbons (Fsp3) is 0.214. The van der Waals surface area contributed by atoms with Crippen LogP contribution in [-0.2, 0) is 4.79 Å². The first-order chi connectivity index (χ1) is 10.9. The average molecular weight is 334 g/mol. The number of nitro groups is 1. The number of amides is 2. The van der Waals surface area contributed by atoms with E-state index >= 15 is 0 Å². The maximum Gasteiger partial charge on any atom is 0.345 e. The van der Waals surface area contributed by atoms with Gasteiger partial charge in [-0.15, -0.1) is 0 Å². The minimum Gasteiger partial charge on any atom is -0.325 e. The van der Waals surface area contributed by atoms with E-state index < -0.39 is 10.8 Å². The third-order valence-corrected chi connectivity index (χ3v) is 3.71. The predicted octanol–water partition coefficient (Wildman–Crippen LogP) is 2.90. The Bertz CT molecular complexity index is 757. The van der Waals surface area contributed by atoms with Crippen molar-refractivity contribution in [2.75, 3.05) is 10.6 Å². The third kappa shape index (κ3) is 4.10. The zero-order valence-corrected chi connectivity index (χ0v) is 13.2. The van der Waals surface area contributed by atoms with E-state index in [-0.39, 0.29) is 27.5 Å². The quantitative estimate of drug-likeness (QED) is 0.644. The summed E-state index contributed by atoms with van der Waals surface area (Å²) in [5, 5.41) is 15.7. The number of anilines is 2. The highest BCUT2D eigenvalue weighted by molar-refractivity contribution is 7.18. The monoisotopic (exact) mass is 334 g/mol. The molecule has 0 atom stereocenters. The van der Waals surface area contributed by atoms with Crippen LogP contribution in [0.2, 0.25) is 0 Å². The highest BCUT2D eigenvalue weighted by Crippen LogP contribution is 2.26. The van der Waals surface area contributed by atoms with E-state index in [1.54, 1.807) is 38.1 Å². The van der Waals surface area contributed by atoms with Crippen LogP contribution in [0.4, 0.5) is 15.8 Å². The molecule has 2 aromatic rings. The molecule has 0 radical (unpaired) electrons. The van der Waals surface area contributed by atoms with Gasteiger partial charge in [-0.25, -0.2) is 4.98 Å². The molecule has 120 valence electrons. The van der Waals surface area contributed by atoms with E-state index in [1.165, 1.54) is 0 Å². The maximum atomic E-state index is 12.3. The van der Waals surface area contributed by atoms with E-state index in [0.29, 0.717) is 5.69 Å². The van der Waals surface area contributed by atoms with Crippen molar-refractivity contribution < 1.29 is 14.5 Å². The highest BCUT2D eigenvalue weighted by atomic mass is 32.1. The molecule has 2 amide bonds. The van der Waals surface area contributed by atoms with Gasteiger partial charge in [0.05, 0.1) is 16.2 Å².